The lowest BCUT2D eigenvalue weighted by atomic mass is 9.71. The van der Waals surface area contributed by atoms with Crippen molar-refractivity contribution in [3.05, 3.63) is 0 Å². The van der Waals surface area contributed by atoms with E-state index in [1.807, 2.05) is 7.11 Å². The van der Waals surface area contributed by atoms with Gasteiger partial charge in [0.25, 0.3) is 0 Å². The summed E-state index contributed by atoms with van der Waals surface area (Å²) >= 11 is 0. The Labute approximate surface area is 112 Å². The third-order valence-corrected chi connectivity index (χ3v) is 5.92. The van der Waals surface area contributed by atoms with Gasteiger partial charge < -0.3 is 10.1 Å². The molecule has 0 aromatic carbocycles. The molecule has 1 spiro atoms. The van der Waals surface area contributed by atoms with Crippen LogP contribution in [0.25, 0.3) is 0 Å². The minimum absolute atomic E-state index is 0.479. The molecule has 0 radical (unpaired) electrons. The highest BCUT2D eigenvalue weighted by Crippen LogP contribution is 2.49. The zero-order chi connectivity index (χ0) is 12.4. The number of methoxy groups -OCH3 is 1. The Morgan fingerprint density at radius 3 is 2.28 bits per heavy atom. The standard InChI is InChI=1S/C16H29NO/c1-18-15-6-4-5-14(15)17-13-7-11-16(12-8-13)9-2-3-10-16/h13-15,17H,2-12H2,1H3. The molecule has 1 N–H and O–H groups in total. The van der Waals surface area contributed by atoms with E-state index in [1.54, 1.807) is 0 Å². The number of ether oxygens (including phenoxy) is 1. The molecule has 2 nitrogen and oxygen atoms in total. The minimum atomic E-state index is 0.479. The summed E-state index contributed by atoms with van der Waals surface area (Å²) in [4.78, 5) is 0. The lowest BCUT2D eigenvalue weighted by Gasteiger charge is -2.39. The summed E-state index contributed by atoms with van der Waals surface area (Å²) in [6.07, 6.45) is 16.2. The van der Waals surface area contributed by atoms with Crippen LogP contribution in [0.4, 0.5) is 0 Å². The fourth-order valence-corrected chi connectivity index (χ4v) is 4.72. The number of rotatable bonds is 3. The van der Waals surface area contributed by atoms with Crippen LogP contribution in [-0.2, 0) is 4.74 Å². The first-order chi connectivity index (χ1) is 8.81. The molecule has 104 valence electrons. The van der Waals surface area contributed by atoms with Crippen molar-refractivity contribution in [3.63, 3.8) is 0 Å². The van der Waals surface area contributed by atoms with Crippen LogP contribution in [-0.4, -0.2) is 25.3 Å². The zero-order valence-corrected chi connectivity index (χ0v) is 11.9. The Balaban J connectivity index is 1.48. The summed E-state index contributed by atoms with van der Waals surface area (Å²) in [5.74, 6) is 0. The summed E-state index contributed by atoms with van der Waals surface area (Å²) < 4.78 is 5.60. The van der Waals surface area contributed by atoms with Crippen molar-refractivity contribution in [2.75, 3.05) is 7.11 Å². The molecule has 3 saturated carbocycles. The molecule has 2 unspecified atom stereocenters. The summed E-state index contributed by atoms with van der Waals surface area (Å²) in [5, 5.41) is 3.90. The highest BCUT2D eigenvalue weighted by molar-refractivity contribution is 4.94. The third-order valence-electron chi connectivity index (χ3n) is 5.92. The van der Waals surface area contributed by atoms with E-state index in [4.69, 9.17) is 4.74 Å². The van der Waals surface area contributed by atoms with E-state index < -0.39 is 0 Å². The molecule has 3 fully saturated rings. The average molecular weight is 251 g/mol. The lowest BCUT2D eigenvalue weighted by Crippen LogP contribution is -2.45. The van der Waals surface area contributed by atoms with Crippen molar-refractivity contribution >= 4 is 0 Å². The molecular formula is C16H29NO. The van der Waals surface area contributed by atoms with Crippen LogP contribution in [0.1, 0.15) is 70.6 Å². The molecule has 3 rings (SSSR count). The molecular weight excluding hydrogens is 222 g/mol. The molecule has 0 aliphatic heterocycles. The predicted octanol–water partition coefficient (Wildman–Crippen LogP) is 3.65. The van der Waals surface area contributed by atoms with Crippen LogP contribution in [0, 0.1) is 5.41 Å². The highest BCUT2D eigenvalue weighted by atomic mass is 16.5. The molecule has 0 saturated heterocycles. The Hall–Kier alpha value is -0.0800. The lowest BCUT2D eigenvalue weighted by molar-refractivity contribution is 0.0734. The Bertz CT molecular complexity index is 262. The second-order valence-corrected chi connectivity index (χ2v) is 6.96. The van der Waals surface area contributed by atoms with Crippen molar-refractivity contribution in [2.24, 2.45) is 5.41 Å². The topological polar surface area (TPSA) is 21.3 Å². The van der Waals surface area contributed by atoms with Gasteiger partial charge in [0.05, 0.1) is 6.10 Å². The van der Waals surface area contributed by atoms with Crippen LogP contribution >= 0.6 is 0 Å². The van der Waals surface area contributed by atoms with Crippen molar-refractivity contribution in [3.8, 4) is 0 Å². The van der Waals surface area contributed by atoms with Gasteiger partial charge in [-0.1, -0.05) is 12.8 Å². The predicted molar refractivity (Wildman–Crippen MR) is 74.7 cm³/mol. The molecule has 0 amide bonds. The van der Waals surface area contributed by atoms with E-state index in [0.717, 1.165) is 11.5 Å². The number of hydrogen-bond acceptors (Lipinski definition) is 2. The highest BCUT2D eigenvalue weighted by Gasteiger charge is 2.38. The van der Waals surface area contributed by atoms with Gasteiger partial charge in [-0.2, -0.15) is 0 Å². The van der Waals surface area contributed by atoms with Gasteiger partial charge in [-0.3, -0.25) is 0 Å². The average Bonchev–Trinajstić information content (AvgIpc) is 3.02. The van der Waals surface area contributed by atoms with Gasteiger partial charge in [-0.05, 0) is 63.2 Å². The van der Waals surface area contributed by atoms with Crippen LogP contribution in [0.5, 0.6) is 0 Å². The van der Waals surface area contributed by atoms with Crippen LogP contribution in [0.3, 0.4) is 0 Å². The normalized spacial score (nSPS) is 36.5. The number of hydrogen-bond donors (Lipinski definition) is 1. The SMILES string of the molecule is COC1CCCC1NC1CCC2(CCCC2)CC1. The van der Waals surface area contributed by atoms with E-state index in [1.165, 1.54) is 70.6 Å². The first-order valence-corrected chi connectivity index (χ1v) is 8.10. The van der Waals surface area contributed by atoms with E-state index in [-0.39, 0.29) is 0 Å². The van der Waals surface area contributed by atoms with Crippen molar-refractivity contribution in [2.45, 2.75) is 88.8 Å². The fraction of sp³-hybridized carbons (Fsp3) is 1.00. The smallest absolute Gasteiger partial charge is 0.0724 e. The van der Waals surface area contributed by atoms with Gasteiger partial charge in [0.1, 0.15) is 0 Å². The minimum Gasteiger partial charge on any atom is -0.380 e. The zero-order valence-electron chi connectivity index (χ0n) is 11.9. The van der Waals surface area contributed by atoms with Crippen molar-refractivity contribution < 1.29 is 4.74 Å². The molecule has 18 heavy (non-hydrogen) atoms. The first kappa shape index (κ1) is 12.9. The maximum atomic E-state index is 5.60. The van der Waals surface area contributed by atoms with E-state index in [0.29, 0.717) is 12.1 Å². The molecule has 3 aliphatic rings. The van der Waals surface area contributed by atoms with Crippen LogP contribution in [0.15, 0.2) is 0 Å². The Kier molecular flexibility index (Phi) is 3.95. The van der Waals surface area contributed by atoms with Crippen LogP contribution < -0.4 is 5.32 Å². The summed E-state index contributed by atoms with van der Waals surface area (Å²) in [6, 6.07) is 1.41. The summed E-state index contributed by atoms with van der Waals surface area (Å²) in [6.45, 7) is 0. The fourth-order valence-electron chi connectivity index (χ4n) is 4.72. The third kappa shape index (κ3) is 2.60. The van der Waals surface area contributed by atoms with Gasteiger partial charge in [-0.25, -0.2) is 0 Å². The summed E-state index contributed by atoms with van der Waals surface area (Å²) in [7, 11) is 1.87. The van der Waals surface area contributed by atoms with Crippen molar-refractivity contribution in [1.82, 2.24) is 5.32 Å². The maximum Gasteiger partial charge on any atom is 0.0724 e. The quantitative estimate of drug-likeness (QED) is 0.826. The first-order valence-electron chi connectivity index (χ1n) is 8.10. The Morgan fingerprint density at radius 2 is 1.61 bits per heavy atom. The van der Waals surface area contributed by atoms with E-state index in [9.17, 15) is 0 Å². The Morgan fingerprint density at radius 1 is 0.889 bits per heavy atom. The second-order valence-electron chi connectivity index (χ2n) is 6.96. The van der Waals surface area contributed by atoms with Gasteiger partial charge in [0.15, 0.2) is 0 Å². The summed E-state index contributed by atoms with van der Waals surface area (Å²) in [5.41, 5.74) is 0.772. The molecule has 0 bridgehead atoms. The molecule has 2 atom stereocenters. The van der Waals surface area contributed by atoms with Gasteiger partial charge in [0.2, 0.25) is 0 Å². The monoisotopic (exact) mass is 251 g/mol. The van der Waals surface area contributed by atoms with E-state index >= 15 is 0 Å². The van der Waals surface area contributed by atoms with Gasteiger partial charge >= 0.3 is 0 Å². The maximum absolute atomic E-state index is 5.60. The van der Waals surface area contributed by atoms with Gasteiger partial charge in [0, 0.05) is 19.2 Å². The van der Waals surface area contributed by atoms with Crippen LogP contribution in [0.2, 0.25) is 0 Å². The largest absolute Gasteiger partial charge is 0.380 e. The molecule has 2 heteroatoms. The number of nitrogens with one attached hydrogen (secondary N) is 1. The second kappa shape index (κ2) is 5.50. The molecule has 0 aromatic heterocycles. The molecule has 3 aliphatic carbocycles. The van der Waals surface area contributed by atoms with Gasteiger partial charge in [-0.15, -0.1) is 0 Å². The van der Waals surface area contributed by atoms with Crippen molar-refractivity contribution in [1.29, 1.82) is 0 Å². The molecule has 0 heterocycles. The van der Waals surface area contributed by atoms with E-state index in [2.05, 4.69) is 5.32 Å². The molecule has 0 aromatic rings.